The van der Waals surface area contributed by atoms with Crippen molar-refractivity contribution in [1.29, 1.82) is 0 Å². The topological polar surface area (TPSA) is 14.8 Å². The van der Waals surface area contributed by atoms with E-state index in [1.165, 1.54) is 82.2 Å². The van der Waals surface area contributed by atoms with Gasteiger partial charge in [-0.05, 0) is 72.3 Å². The maximum atomic E-state index is 2.47. The molecule has 0 aliphatic heterocycles. The molecule has 0 bridgehead atoms. The van der Waals surface area contributed by atoms with Crippen molar-refractivity contribution in [2.24, 2.45) is 0 Å². The van der Waals surface area contributed by atoms with Gasteiger partial charge in [-0.1, -0.05) is 121 Å². The Labute approximate surface area is 294 Å². The summed E-state index contributed by atoms with van der Waals surface area (Å²) in [4.78, 5) is 0. The van der Waals surface area contributed by atoms with Gasteiger partial charge in [-0.3, -0.25) is 0 Å². The molecule has 3 nitrogen and oxygen atoms in total. The summed E-state index contributed by atoms with van der Waals surface area (Å²) in [6, 6.07) is 68.4. The molecule has 0 radical (unpaired) electrons. The third kappa shape index (κ3) is 4.06. The number of aromatic nitrogens is 3. The first-order chi connectivity index (χ1) is 25.3. The number of hydrogen-bond acceptors (Lipinski definition) is 0. The molecule has 0 saturated heterocycles. The number of nitrogens with zero attached hydrogens (tertiary/aromatic N) is 3. The molecule has 51 heavy (non-hydrogen) atoms. The molecule has 3 heterocycles. The van der Waals surface area contributed by atoms with Gasteiger partial charge in [-0.25, -0.2) is 0 Å². The minimum absolute atomic E-state index is 1.13. The second-order valence-corrected chi connectivity index (χ2v) is 13.4. The molecule has 8 aromatic carbocycles. The van der Waals surface area contributed by atoms with Crippen LogP contribution in [0, 0.1) is 0 Å². The van der Waals surface area contributed by atoms with Gasteiger partial charge in [0, 0.05) is 54.9 Å². The lowest BCUT2D eigenvalue weighted by Crippen LogP contribution is -1.99. The van der Waals surface area contributed by atoms with Crippen LogP contribution in [0.15, 0.2) is 188 Å². The van der Waals surface area contributed by atoms with Crippen LogP contribution in [-0.4, -0.2) is 13.7 Å². The number of fused-ring (bicyclic) bond motifs is 9. The molecule has 3 aromatic heterocycles. The molecular formula is C48H31N3. The molecule has 11 aromatic rings. The Bertz CT molecular complexity index is 3080. The normalized spacial score (nSPS) is 11.9. The molecule has 0 amide bonds. The standard InChI is InChI=1S/C48H31N3/c1-2-14-33(15-3-1)49-45-26-10-7-21-40(45)42-30-32(28-29-47(42)49)36-22-13-23-41-39-20-6-11-27-46(39)51(48(36)41)35-17-12-16-34(31-35)50-43-24-8-4-18-37(43)38-19-5-9-25-44(38)50/h1-31H. The second kappa shape index (κ2) is 10.8. The maximum absolute atomic E-state index is 2.47. The van der Waals surface area contributed by atoms with Gasteiger partial charge in [0.2, 0.25) is 0 Å². The number of benzene rings is 8. The van der Waals surface area contributed by atoms with Crippen LogP contribution < -0.4 is 0 Å². The molecule has 0 N–H and O–H groups in total. The molecular weight excluding hydrogens is 619 g/mol. The van der Waals surface area contributed by atoms with Crippen LogP contribution in [0.25, 0.3) is 93.6 Å². The van der Waals surface area contributed by atoms with Crippen molar-refractivity contribution < 1.29 is 0 Å². The highest BCUT2D eigenvalue weighted by molar-refractivity contribution is 6.16. The van der Waals surface area contributed by atoms with Gasteiger partial charge in [0.05, 0.1) is 33.1 Å². The summed E-state index contributed by atoms with van der Waals surface area (Å²) in [7, 11) is 0. The third-order valence-electron chi connectivity index (χ3n) is 10.6. The molecule has 3 heteroatoms. The highest BCUT2D eigenvalue weighted by Crippen LogP contribution is 2.41. The monoisotopic (exact) mass is 649 g/mol. The molecule has 0 aliphatic rings. The van der Waals surface area contributed by atoms with Gasteiger partial charge in [0.15, 0.2) is 0 Å². The van der Waals surface area contributed by atoms with Crippen LogP contribution in [0.5, 0.6) is 0 Å². The summed E-state index contributed by atoms with van der Waals surface area (Å²) in [6.07, 6.45) is 0. The van der Waals surface area contributed by atoms with E-state index in [2.05, 4.69) is 202 Å². The zero-order valence-corrected chi connectivity index (χ0v) is 27.7. The first-order valence-electron chi connectivity index (χ1n) is 17.5. The molecule has 0 fully saturated rings. The third-order valence-corrected chi connectivity index (χ3v) is 10.6. The van der Waals surface area contributed by atoms with E-state index in [1.807, 2.05) is 0 Å². The van der Waals surface area contributed by atoms with Crippen molar-refractivity contribution in [3.05, 3.63) is 188 Å². The zero-order chi connectivity index (χ0) is 33.5. The largest absolute Gasteiger partial charge is 0.309 e. The number of para-hydroxylation sites is 6. The van der Waals surface area contributed by atoms with Crippen LogP contribution in [-0.2, 0) is 0 Å². The SMILES string of the molecule is c1ccc(-n2c3ccccc3c3cc(-c4cccc5c6ccccc6n(-c6cccc(-n7c8ccccc8c8ccccc87)c6)c45)ccc32)cc1. The van der Waals surface area contributed by atoms with Crippen LogP contribution in [0.4, 0.5) is 0 Å². The van der Waals surface area contributed by atoms with Gasteiger partial charge >= 0.3 is 0 Å². The van der Waals surface area contributed by atoms with Crippen molar-refractivity contribution in [2.45, 2.75) is 0 Å². The van der Waals surface area contributed by atoms with E-state index in [4.69, 9.17) is 0 Å². The Kier molecular flexibility index (Phi) is 5.96. The zero-order valence-electron chi connectivity index (χ0n) is 27.7. The van der Waals surface area contributed by atoms with E-state index in [9.17, 15) is 0 Å². The minimum Gasteiger partial charge on any atom is -0.309 e. The summed E-state index contributed by atoms with van der Waals surface area (Å²) in [6.45, 7) is 0. The van der Waals surface area contributed by atoms with Crippen LogP contribution in [0.2, 0.25) is 0 Å². The van der Waals surface area contributed by atoms with Gasteiger partial charge in [-0.2, -0.15) is 0 Å². The Morgan fingerprint density at radius 1 is 0.255 bits per heavy atom. The maximum Gasteiger partial charge on any atom is 0.0619 e. The van der Waals surface area contributed by atoms with E-state index in [0.29, 0.717) is 0 Å². The van der Waals surface area contributed by atoms with E-state index >= 15 is 0 Å². The molecule has 0 saturated carbocycles. The van der Waals surface area contributed by atoms with E-state index in [1.54, 1.807) is 0 Å². The molecule has 0 unspecified atom stereocenters. The highest BCUT2D eigenvalue weighted by Gasteiger charge is 2.19. The Morgan fingerprint density at radius 3 is 1.33 bits per heavy atom. The van der Waals surface area contributed by atoms with E-state index in [-0.39, 0.29) is 0 Å². The average molecular weight is 650 g/mol. The van der Waals surface area contributed by atoms with E-state index in [0.717, 1.165) is 11.4 Å². The van der Waals surface area contributed by atoms with Crippen molar-refractivity contribution in [2.75, 3.05) is 0 Å². The fourth-order valence-corrected chi connectivity index (χ4v) is 8.49. The molecule has 238 valence electrons. The molecule has 11 rings (SSSR count). The molecule has 0 spiro atoms. The van der Waals surface area contributed by atoms with Gasteiger partial charge in [0.25, 0.3) is 0 Å². The fraction of sp³-hybridized carbons (Fsp3) is 0. The van der Waals surface area contributed by atoms with Gasteiger partial charge in [-0.15, -0.1) is 0 Å². The van der Waals surface area contributed by atoms with Crippen LogP contribution in [0.1, 0.15) is 0 Å². The lowest BCUT2D eigenvalue weighted by molar-refractivity contribution is 1.13. The summed E-state index contributed by atoms with van der Waals surface area (Å²) in [5, 5.41) is 7.53. The number of rotatable bonds is 4. The summed E-state index contributed by atoms with van der Waals surface area (Å²) >= 11 is 0. The second-order valence-electron chi connectivity index (χ2n) is 13.4. The first kappa shape index (κ1) is 28.0. The van der Waals surface area contributed by atoms with Crippen molar-refractivity contribution in [3.8, 4) is 28.2 Å². The Morgan fingerprint density at radius 2 is 0.686 bits per heavy atom. The minimum atomic E-state index is 1.13. The Balaban J connectivity index is 1.18. The molecule has 0 atom stereocenters. The first-order valence-corrected chi connectivity index (χ1v) is 17.5. The predicted octanol–water partition coefficient (Wildman–Crippen LogP) is 12.6. The van der Waals surface area contributed by atoms with Gasteiger partial charge < -0.3 is 13.7 Å². The summed E-state index contributed by atoms with van der Waals surface area (Å²) < 4.78 is 7.25. The average Bonchev–Trinajstić information content (AvgIpc) is 3.84. The lowest BCUT2D eigenvalue weighted by atomic mass is 10.00. The summed E-state index contributed by atoms with van der Waals surface area (Å²) in [5.74, 6) is 0. The van der Waals surface area contributed by atoms with Crippen molar-refractivity contribution in [1.82, 2.24) is 13.7 Å². The summed E-state index contributed by atoms with van der Waals surface area (Å²) in [5.41, 5.74) is 13.1. The fourth-order valence-electron chi connectivity index (χ4n) is 8.49. The van der Waals surface area contributed by atoms with Gasteiger partial charge in [0.1, 0.15) is 0 Å². The van der Waals surface area contributed by atoms with Crippen LogP contribution >= 0.6 is 0 Å². The molecule has 0 aliphatic carbocycles. The lowest BCUT2D eigenvalue weighted by Gasteiger charge is -2.15. The smallest absolute Gasteiger partial charge is 0.0619 e. The highest BCUT2D eigenvalue weighted by atomic mass is 15.0. The Hall–Kier alpha value is -6.84. The van der Waals surface area contributed by atoms with Crippen LogP contribution in [0.3, 0.4) is 0 Å². The van der Waals surface area contributed by atoms with Crippen molar-refractivity contribution >= 4 is 65.4 Å². The quantitative estimate of drug-likeness (QED) is 0.180. The number of hydrogen-bond donors (Lipinski definition) is 0. The van der Waals surface area contributed by atoms with E-state index < -0.39 is 0 Å². The van der Waals surface area contributed by atoms with Crippen molar-refractivity contribution in [3.63, 3.8) is 0 Å². The predicted molar refractivity (Wildman–Crippen MR) is 215 cm³/mol.